The number of rotatable bonds is 12. The van der Waals surface area contributed by atoms with Crippen LogP contribution in [-0.2, 0) is 63.6 Å². The summed E-state index contributed by atoms with van der Waals surface area (Å²) < 4.78 is 32.2. The van der Waals surface area contributed by atoms with Crippen LogP contribution in [0.15, 0.2) is 30.5 Å². The average molecular weight is 605 g/mol. The van der Waals surface area contributed by atoms with E-state index in [2.05, 4.69) is 10.3 Å². The molecule has 2 aromatic rings. The third kappa shape index (κ3) is 9.26. The van der Waals surface area contributed by atoms with Crippen molar-refractivity contribution in [3.8, 4) is 0 Å². The number of carbonyl (C=O) groups excluding carboxylic acids is 6. The molecule has 0 saturated carbocycles. The van der Waals surface area contributed by atoms with Crippen LogP contribution >= 0.6 is 0 Å². The Labute approximate surface area is 247 Å². The standard InChI is InChI=1S/C29H36N2O12/c1-15(32)39-14-24-27(41-17(3)34)28(42-18(4)35)26(40-16(2)33)23(43-24)10-11-25(36)31-22(29(37)38-5)12-19-13-30-21-9-7-6-8-20(19)21/h6-9,13,22-24,26-28,30H,10-12,14H2,1-5H3,(H,31,36)/t22-,23+,24+,26-,27+,28+/m0/s1. The van der Waals surface area contributed by atoms with Crippen molar-refractivity contribution in [2.45, 2.75) is 83.5 Å². The van der Waals surface area contributed by atoms with Gasteiger partial charge in [-0.1, -0.05) is 18.2 Å². The summed E-state index contributed by atoms with van der Waals surface area (Å²) in [6, 6.07) is 6.50. The first-order valence-electron chi connectivity index (χ1n) is 13.6. The number of H-pyrrole nitrogens is 1. The van der Waals surface area contributed by atoms with Gasteiger partial charge in [-0.25, -0.2) is 4.79 Å². The summed E-state index contributed by atoms with van der Waals surface area (Å²) >= 11 is 0. The maximum Gasteiger partial charge on any atom is 0.328 e. The first-order chi connectivity index (χ1) is 20.4. The molecule has 2 N–H and O–H groups in total. The third-order valence-corrected chi connectivity index (χ3v) is 6.66. The maximum absolute atomic E-state index is 13.1. The van der Waals surface area contributed by atoms with Crippen molar-refractivity contribution in [2.24, 2.45) is 0 Å². The lowest BCUT2D eigenvalue weighted by atomic mass is 9.91. The van der Waals surface area contributed by atoms with Gasteiger partial charge in [0, 0.05) is 57.6 Å². The molecule has 1 amide bonds. The van der Waals surface area contributed by atoms with E-state index in [9.17, 15) is 28.8 Å². The van der Waals surface area contributed by atoms with Gasteiger partial charge >= 0.3 is 29.8 Å². The smallest absolute Gasteiger partial charge is 0.328 e. The van der Waals surface area contributed by atoms with Gasteiger partial charge in [-0.2, -0.15) is 0 Å². The molecule has 1 aromatic heterocycles. The van der Waals surface area contributed by atoms with Gasteiger partial charge in [0.25, 0.3) is 0 Å². The van der Waals surface area contributed by atoms with E-state index in [4.69, 9.17) is 28.4 Å². The summed E-state index contributed by atoms with van der Waals surface area (Å²) in [4.78, 5) is 76.2. The van der Waals surface area contributed by atoms with Gasteiger partial charge in [0.15, 0.2) is 18.3 Å². The molecule has 1 aromatic carbocycles. The van der Waals surface area contributed by atoms with Gasteiger partial charge in [-0.15, -0.1) is 0 Å². The zero-order valence-electron chi connectivity index (χ0n) is 24.6. The van der Waals surface area contributed by atoms with Crippen molar-refractivity contribution in [2.75, 3.05) is 13.7 Å². The Morgan fingerprint density at radius 2 is 1.47 bits per heavy atom. The Hall–Kier alpha value is -4.46. The molecule has 6 atom stereocenters. The van der Waals surface area contributed by atoms with Crippen LogP contribution in [0.2, 0.25) is 0 Å². The predicted octanol–water partition coefficient (Wildman–Crippen LogP) is 1.27. The van der Waals surface area contributed by atoms with E-state index in [1.165, 1.54) is 14.0 Å². The highest BCUT2D eigenvalue weighted by molar-refractivity contribution is 5.87. The monoisotopic (exact) mass is 604 g/mol. The van der Waals surface area contributed by atoms with Gasteiger partial charge in [-0.3, -0.25) is 24.0 Å². The van der Waals surface area contributed by atoms with Crippen molar-refractivity contribution in [1.82, 2.24) is 10.3 Å². The number of para-hydroxylation sites is 1. The van der Waals surface area contributed by atoms with Crippen LogP contribution in [-0.4, -0.2) is 91.0 Å². The Balaban J connectivity index is 1.80. The molecule has 0 unspecified atom stereocenters. The Kier molecular flexibility index (Phi) is 11.6. The number of carbonyl (C=O) groups is 6. The number of nitrogens with one attached hydrogen (secondary N) is 2. The molecule has 14 nitrogen and oxygen atoms in total. The fourth-order valence-electron chi connectivity index (χ4n) is 4.95. The lowest BCUT2D eigenvalue weighted by Crippen LogP contribution is -2.62. The van der Waals surface area contributed by atoms with E-state index in [1.54, 1.807) is 6.20 Å². The number of esters is 5. The lowest BCUT2D eigenvalue weighted by Gasteiger charge is -2.44. The van der Waals surface area contributed by atoms with E-state index >= 15 is 0 Å². The van der Waals surface area contributed by atoms with Crippen LogP contribution in [0, 0.1) is 0 Å². The molecular formula is C29H36N2O12. The third-order valence-electron chi connectivity index (χ3n) is 6.66. The van der Waals surface area contributed by atoms with Crippen molar-refractivity contribution in [3.05, 3.63) is 36.0 Å². The van der Waals surface area contributed by atoms with E-state index in [0.717, 1.165) is 37.2 Å². The molecule has 234 valence electrons. The first kappa shape index (κ1) is 33.0. The molecule has 3 rings (SSSR count). The minimum atomic E-state index is -1.34. The SMILES string of the molecule is COC(=O)[C@H](Cc1c[nH]c2ccccc12)NC(=O)CC[C@H]1O[C@H](COC(C)=O)[C@@H](OC(C)=O)[C@H](OC(C)=O)[C@H]1OC(C)=O. The Bertz CT molecular complexity index is 1340. The zero-order valence-corrected chi connectivity index (χ0v) is 24.6. The molecule has 0 bridgehead atoms. The van der Waals surface area contributed by atoms with E-state index in [1.807, 2.05) is 24.3 Å². The second-order valence-corrected chi connectivity index (χ2v) is 9.98. The van der Waals surface area contributed by atoms with Crippen LogP contribution in [0.1, 0.15) is 46.1 Å². The summed E-state index contributed by atoms with van der Waals surface area (Å²) in [5, 5.41) is 3.57. The first-order valence-corrected chi connectivity index (χ1v) is 13.6. The van der Waals surface area contributed by atoms with Crippen molar-refractivity contribution < 1.29 is 57.2 Å². The molecule has 2 heterocycles. The lowest BCUT2D eigenvalue weighted by molar-refractivity contribution is -0.253. The van der Waals surface area contributed by atoms with Gasteiger partial charge < -0.3 is 38.7 Å². The summed E-state index contributed by atoms with van der Waals surface area (Å²) in [5.41, 5.74) is 1.67. The molecule has 0 aliphatic carbocycles. The summed E-state index contributed by atoms with van der Waals surface area (Å²) in [5.74, 6) is -4.08. The second-order valence-electron chi connectivity index (χ2n) is 9.98. The van der Waals surface area contributed by atoms with Gasteiger partial charge in [-0.05, 0) is 18.1 Å². The molecule has 0 spiro atoms. The Morgan fingerprint density at radius 1 is 0.860 bits per heavy atom. The normalized spacial score (nSPS) is 22.1. The molecule has 0 radical (unpaired) electrons. The highest BCUT2D eigenvalue weighted by Crippen LogP contribution is 2.31. The molecule has 1 aliphatic heterocycles. The second kappa shape index (κ2) is 15.1. The van der Waals surface area contributed by atoms with Crippen LogP contribution in [0.3, 0.4) is 0 Å². The van der Waals surface area contributed by atoms with Crippen molar-refractivity contribution >= 4 is 46.7 Å². The zero-order chi connectivity index (χ0) is 31.7. The van der Waals surface area contributed by atoms with Gasteiger partial charge in [0.1, 0.15) is 18.8 Å². The molecule has 43 heavy (non-hydrogen) atoms. The maximum atomic E-state index is 13.1. The largest absolute Gasteiger partial charge is 0.467 e. The van der Waals surface area contributed by atoms with Crippen LogP contribution < -0.4 is 5.32 Å². The van der Waals surface area contributed by atoms with E-state index in [0.29, 0.717) is 0 Å². The van der Waals surface area contributed by atoms with Gasteiger partial charge in [0.05, 0.1) is 13.2 Å². The number of ether oxygens (including phenoxy) is 6. The molecular weight excluding hydrogens is 568 g/mol. The van der Waals surface area contributed by atoms with Crippen LogP contribution in [0.25, 0.3) is 10.9 Å². The number of aromatic amines is 1. The van der Waals surface area contributed by atoms with Crippen molar-refractivity contribution in [1.29, 1.82) is 0 Å². The highest BCUT2D eigenvalue weighted by atomic mass is 16.7. The molecule has 14 heteroatoms. The quantitative estimate of drug-likeness (QED) is 0.261. The number of amides is 1. The topological polar surface area (TPSA) is 186 Å². The number of methoxy groups -OCH3 is 1. The van der Waals surface area contributed by atoms with Crippen LogP contribution in [0.4, 0.5) is 0 Å². The van der Waals surface area contributed by atoms with Crippen molar-refractivity contribution in [3.63, 3.8) is 0 Å². The predicted molar refractivity (Wildman–Crippen MR) is 147 cm³/mol. The molecule has 1 fully saturated rings. The number of aromatic nitrogens is 1. The number of hydrogen-bond donors (Lipinski definition) is 2. The Morgan fingerprint density at radius 3 is 2.07 bits per heavy atom. The summed E-state index contributed by atoms with van der Waals surface area (Å²) in [6.07, 6.45) is -4.48. The van der Waals surface area contributed by atoms with E-state index < -0.39 is 72.3 Å². The molecule has 1 saturated heterocycles. The van der Waals surface area contributed by atoms with E-state index in [-0.39, 0.29) is 25.9 Å². The number of fused-ring (bicyclic) bond motifs is 1. The fraction of sp³-hybridized carbons (Fsp3) is 0.517. The summed E-state index contributed by atoms with van der Waals surface area (Å²) in [7, 11) is 1.22. The minimum absolute atomic E-state index is 0.0775. The van der Waals surface area contributed by atoms with Crippen LogP contribution in [0.5, 0.6) is 0 Å². The number of hydrogen-bond acceptors (Lipinski definition) is 12. The minimum Gasteiger partial charge on any atom is -0.467 e. The fourth-order valence-corrected chi connectivity index (χ4v) is 4.95. The number of benzene rings is 1. The average Bonchev–Trinajstić information content (AvgIpc) is 3.34. The summed E-state index contributed by atoms with van der Waals surface area (Å²) in [6.45, 7) is 4.17. The molecule has 1 aliphatic rings. The highest BCUT2D eigenvalue weighted by Gasteiger charge is 2.52. The van der Waals surface area contributed by atoms with Gasteiger partial charge in [0.2, 0.25) is 5.91 Å².